The van der Waals surface area contributed by atoms with Crippen molar-refractivity contribution in [2.75, 3.05) is 25.1 Å². The van der Waals surface area contributed by atoms with Crippen molar-refractivity contribution < 1.29 is 4.74 Å². The van der Waals surface area contributed by atoms with E-state index >= 15 is 0 Å². The van der Waals surface area contributed by atoms with Gasteiger partial charge in [0.15, 0.2) is 0 Å². The van der Waals surface area contributed by atoms with Crippen LogP contribution in [0.3, 0.4) is 0 Å². The first-order valence-electron chi connectivity index (χ1n) is 5.13. The summed E-state index contributed by atoms with van der Waals surface area (Å²) in [7, 11) is 0. The Hall–Kier alpha value is -0.680. The number of hydrogen-bond acceptors (Lipinski definition) is 4. The fraction of sp³-hybridized carbons (Fsp3) is 0.600. The number of anilines is 1. The highest BCUT2D eigenvalue weighted by Gasteiger charge is 2.20. The maximum atomic E-state index is 5.50. The highest BCUT2D eigenvalue weighted by Crippen LogP contribution is 2.28. The van der Waals surface area contributed by atoms with E-state index in [2.05, 4.69) is 31.2 Å². The molecule has 4 nitrogen and oxygen atoms in total. The third-order valence-corrected chi connectivity index (χ3v) is 2.84. The van der Waals surface area contributed by atoms with Gasteiger partial charge in [-0.25, -0.2) is 9.97 Å². The van der Waals surface area contributed by atoms with Gasteiger partial charge >= 0.3 is 0 Å². The lowest BCUT2D eigenvalue weighted by molar-refractivity contribution is 0.134. The SMILES string of the molecule is Brc1cncnc1NCCOCC1CC1. The molecular weight excluding hydrogens is 258 g/mol. The molecule has 1 aromatic heterocycles. The fourth-order valence-corrected chi connectivity index (χ4v) is 1.58. The predicted molar refractivity (Wildman–Crippen MR) is 61.8 cm³/mol. The van der Waals surface area contributed by atoms with Crippen LogP contribution in [0.2, 0.25) is 0 Å². The van der Waals surface area contributed by atoms with Crippen LogP contribution in [0.15, 0.2) is 17.0 Å². The molecule has 0 aliphatic heterocycles. The van der Waals surface area contributed by atoms with Gasteiger partial charge in [0.1, 0.15) is 12.1 Å². The summed E-state index contributed by atoms with van der Waals surface area (Å²) in [6.07, 6.45) is 5.92. The van der Waals surface area contributed by atoms with Gasteiger partial charge in [0, 0.05) is 19.3 Å². The quantitative estimate of drug-likeness (QED) is 0.805. The molecule has 1 heterocycles. The molecule has 0 amide bonds. The van der Waals surface area contributed by atoms with Crippen LogP contribution in [0.4, 0.5) is 5.82 Å². The lowest BCUT2D eigenvalue weighted by atomic mass is 10.5. The van der Waals surface area contributed by atoms with E-state index in [9.17, 15) is 0 Å². The molecule has 1 aliphatic rings. The van der Waals surface area contributed by atoms with Crippen LogP contribution in [0.5, 0.6) is 0 Å². The van der Waals surface area contributed by atoms with Gasteiger partial charge in [-0.2, -0.15) is 0 Å². The predicted octanol–water partition coefficient (Wildman–Crippen LogP) is 2.08. The van der Waals surface area contributed by atoms with Crippen molar-refractivity contribution in [1.29, 1.82) is 0 Å². The van der Waals surface area contributed by atoms with Crippen LogP contribution >= 0.6 is 15.9 Å². The third-order valence-electron chi connectivity index (χ3n) is 2.26. The van der Waals surface area contributed by atoms with Crippen LogP contribution in [0, 0.1) is 5.92 Å². The second-order valence-corrected chi connectivity index (χ2v) is 4.52. The minimum atomic E-state index is 0.729. The molecule has 1 N–H and O–H groups in total. The zero-order chi connectivity index (χ0) is 10.5. The first-order valence-corrected chi connectivity index (χ1v) is 5.92. The monoisotopic (exact) mass is 271 g/mol. The fourth-order valence-electron chi connectivity index (χ4n) is 1.22. The molecule has 1 aliphatic carbocycles. The molecular formula is C10H14BrN3O. The highest BCUT2D eigenvalue weighted by molar-refractivity contribution is 9.10. The summed E-state index contributed by atoms with van der Waals surface area (Å²) in [6.45, 7) is 2.42. The van der Waals surface area contributed by atoms with E-state index in [0.29, 0.717) is 0 Å². The van der Waals surface area contributed by atoms with Gasteiger partial charge in [-0.1, -0.05) is 0 Å². The van der Waals surface area contributed by atoms with Gasteiger partial charge in [-0.15, -0.1) is 0 Å². The first-order chi connectivity index (χ1) is 7.36. The number of aromatic nitrogens is 2. The maximum Gasteiger partial charge on any atom is 0.143 e. The molecule has 0 saturated heterocycles. The number of halogens is 1. The minimum absolute atomic E-state index is 0.729. The molecule has 0 unspecified atom stereocenters. The van der Waals surface area contributed by atoms with Crippen molar-refractivity contribution in [2.45, 2.75) is 12.8 Å². The Kier molecular flexibility index (Phi) is 3.91. The van der Waals surface area contributed by atoms with Gasteiger partial charge in [0.25, 0.3) is 0 Å². The molecule has 0 spiro atoms. The normalized spacial score (nSPS) is 15.3. The molecule has 0 radical (unpaired) electrons. The number of nitrogens with zero attached hydrogens (tertiary/aromatic N) is 2. The number of nitrogens with one attached hydrogen (secondary N) is 1. The summed E-state index contributed by atoms with van der Waals surface area (Å²) < 4.78 is 6.38. The third kappa shape index (κ3) is 3.76. The average Bonchev–Trinajstić information content (AvgIpc) is 3.04. The van der Waals surface area contributed by atoms with Crippen LogP contribution in [-0.2, 0) is 4.74 Å². The Morgan fingerprint density at radius 2 is 2.40 bits per heavy atom. The number of hydrogen-bond donors (Lipinski definition) is 1. The number of ether oxygens (including phenoxy) is 1. The van der Waals surface area contributed by atoms with Crippen LogP contribution < -0.4 is 5.32 Å². The Balaban J connectivity index is 1.62. The molecule has 15 heavy (non-hydrogen) atoms. The summed E-state index contributed by atoms with van der Waals surface area (Å²) in [4.78, 5) is 7.99. The van der Waals surface area contributed by atoms with E-state index < -0.39 is 0 Å². The van der Waals surface area contributed by atoms with Crippen molar-refractivity contribution in [1.82, 2.24) is 9.97 Å². The van der Waals surface area contributed by atoms with Gasteiger partial charge in [-0.3, -0.25) is 0 Å². The Morgan fingerprint density at radius 1 is 1.53 bits per heavy atom. The molecule has 1 saturated carbocycles. The van der Waals surface area contributed by atoms with E-state index in [0.717, 1.165) is 36.0 Å². The second-order valence-electron chi connectivity index (χ2n) is 3.66. The Labute approximate surface area is 97.6 Å². The smallest absolute Gasteiger partial charge is 0.143 e. The summed E-state index contributed by atoms with van der Waals surface area (Å²) in [5, 5.41) is 3.18. The first kappa shape index (κ1) is 10.8. The van der Waals surface area contributed by atoms with Crippen molar-refractivity contribution in [3.63, 3.8) is 0 Å². The molecule has 2 rings (SSSR count). The van der Waals surface area contributed by atoms with Gasteiger partial charge in [0.05, 0.1) is 11.1 Å². The average molecular weight is 272 g/mol. The standard InChI is InChI=1S/C10H14BrN3O/c11-9-5-12-7-14-10(9)13-3-4-15-6-8-1-2-8/h5,7-8H,1-4,6H2,(H,12,13,14). The van der Waals surface area contributed by atoms with E-state index in [1.54, 1.807) is 6.20 Å². The van der Waals surface area contributed by atoms with E-state index in [1.165, 1.54) is 19.2 Å². The maximum absolute atomic E-state index is 5.50. The largest absolute Gasteiger partial charge is 0.379 e. The molecule has 0 atom stereocenters. The zero-order valence-electron chi connectivity index (χ0n) is 8.45. The van der Waals surface area contributed by atoms with E-state index in [-0.39, 0.29) is 0 Å². The summed E-state index contributed by atoms with van der Waals surface area (Å²) >= 11 is 3.37. The highest BCUT2D eigenvalue weighted by atomic mass is 79.9. The lowest BCUT2D eigenvalue weighted by Crippen LogP contribution is -2.11. The lowest BCUT2D eigenvalue weighted by Gasteiger charge is -2.06. The Morgan fingerprint density at radius 3 is 3.13 bits per heavy atom. The summed E-state index contributed by atoms with van der Waals surface area (Å²) in [5.74, 6) is 1.65. The van der Waals surface area contributed by atoms with Crippen LogP contribution in [0.25, 0.3) is 0 Å². The minimum Gasteiger partial charge on any atom is -0.379 e. The van der Waals surface area contributed by atoms with E-state index in [1.807, 2.05) is 0 Å². The molecule has 0 aromatic carbocycles. The van der Waals surface area contributed by atoms with Crippen LogP contribution in [-0.4, -0.2) is 29.7 Å². The number of rotatable bonds is 6. The summed E-state index contributed by atoms with van der Waals surface area (Å²) in [5.41, 5.74) is 0. The van der Waals surface area contributed by atoms with Crippen molar-refractivity contribution in [3.05, 3.63) is 17.0 Å². The van der Waals surface area contributed by atoms with Crippen molar-refractivity contribution >= 4 is 21.7 Å². The molecule has 1 aromatic rings. The topological polar surface area (TPSA) is 47.0 Å². The van der Waals surface area contributed by atoms with E-state index in [4.69, 9.17) is 4.74 Å². The van der Waals surface area contributed by atoms with Gasteiger partial charge in [0.2, 0.25) is 0 Å². The second kappa shape index (κ2) is 5.42. The molecule has 5 heteroatoms. The summed E-state index contributed by atoms with van der Waals surface area (Å²) in [6, 6.07) is 0. The van der Waals surface area contributed by atoms with Crippen LogP contribution in [0.1, 0.15) is 12.8 Å². The zero-order valence-corrected chi connectivity index (χ0v) is 10.0. The molecule has 1 fully saturated rings. The van der Waals surface area contributed by atoms with Crippen molar-refractivity contribution in [2.24, 2.45) is 5.92 Å². The van der Waals surface area contributed by atoms with Gasteiger partial charge < -0.3 is 10.1 Å². The Bertz CT molecular complexity index is 317. The van der Waals surface area contributed by atoms with Crippen molar-refractivity contribution in [3.8, 4) is 0 Å². The molecule has 0 bridgehead atoms. The molecule has 82 valence electrons. The van der Waals surface area contributed by atoms with Gasteiger partial charge in [-0.05, 0) is 34.7 Å².